The largest absolute Gasteiger partial charge is 0.0999 e. The van der Waals surface area contributed by atoms with Crippen molar-refractivity contribution in [3.8, 4) is 0 Å². The Balaban J connectivity index is 2.33. The Labute approximate surface area is 45.2 Å². The molecule has 0 aromatic carbocycles. The summed E-state index contributed by atoms with van der Waals surface area (Å²) in [5, 5.41) is 0. The van der Waals surface area contributed by atoms with Gasteiger partial charge in [-0.15, -0.1) is 0 Å². The third-order valence-corrected chi connectivity index (χ3v) is 1.74. The number of allylic oxidation sites excluding steroid dienone is 1. The Hall–Kier alpha value is -0.260. The summed E-state index contributed by atoms with van der Waals surface area (Å²) in [7, 11) is 0. The van der Waals surface area contributed by atoms with Crippen molar-refractivity contribution >= 4 is 0 Å². The standard InChI is InChI=1S/C7H12/c1-5(2)7-4-6(7)3/h6-7H,1,4H2,2-3H3/t6-,7+/m1/s1. The van der Waals surface area contributed by atoms with Crippen LogP contribution in [-0.2, 0) is 0 Å². The molecule has 0 N–H and O–H groups in total. The Morgan fingerprint density at radius 1 is 1.71 bits per heavy atom. The highest BCUT2D eigenvalue weighted by Crippen LogP contribution is 2.42. The molecule has 0 heteroatoms. The molecule has 2 atom stereocenters. The summed E-state index contributed by atoms with van der Waals surface area (Å²) in [5.41, 5.74) is 1.37. The van der Waals surface area contributed by atoms with Gasteiger partial charge in [-0.3, -0.25) is 0 Å². The molecule has 0 spiro atoms. The van der Waals surface area contributed by atoms with Gasteiger partial charge in [0.05, 0.1) is 0 Å². The summed E-state index contributed by atoms with van der Waals surface area (Å²) in [5.74, 6) is 1.82. The van der Waals surface area contributed by atoms with Crippen molar-refractivity contribution in [1.29, 1.82) is 0 Å². The van der Waals surface area contributed by atoms with E-state index in [-0.39, 0.29) is 0 Å². The van der Waals surface area contributed by atoms with Gasteiger partial charge in [-0.1, -0.05) is 19.1 Å². The molecule has 0 amide bonds. The van der Waals surface area contributed by atoms with Gasteiger partial charge in [-0.05, 0) is 25.2 Å². The molecule has 40 valence electrons. The minimum Gasteiger partial charge on any atom is -0.0999 e. The van der Waals surface area contributed by atoms with Gasteiger partial charge in [0.1, 0.15) is 0 Å². The Morgan fingerprint density at radius 2 is 2.14 bits per heavy atom. The van der Waals surface area contributed by atoms with E-state index in [1.165, 1.54) is 12.0 Å². The van der Waals surface area contributed by atoms with Crippen molar-refractivity contribution in [1.82, 2.24) is 0 Å². The SMILES string of the molecule is C=C(C)[C@@H]1C[C@H]1C. The Bertz CT molecular complexity index is 92.2. The number of hydrogen-bond acceptors (Lipinski definition) is 0. The van der Waals surface area contributed by atoms with E-state index in [2.05, 4.69) is 20.4 Å². The molecule has 7 heavy (non-hydrogen) atoms. The molecule has 0 aromatic rings. The van der Waals surface area contributed by atoms with Gasteiger partial charge < -0.3 is 0 Å². The van der Waals surface area contributed by atoms with Gasteiger partial charge >= 0.3 is 0 Å². The lowest BCUT2D eigenvalue weighted by Crippen LogP contribution is -1.75. The first kappa shape index (κ1) is 4.89. The highest BCUT2D eigenvalue weighted by Gasteiger charge is 2.32. The zero-order valence-electron chi connectivity index (χ0n) is 5.07. The van der Waals surface area contributed by atoms with Crippen LogP contribution in [0.15, 0.2) is 12.2 Å². The summed E-state index contributed by atoms with van der Waals surface area (Å²) in [6.07, 6.45) is 1.38. The molecule has 0 bridgehead atoms. The molecule has 0 heterocycles. The predicted octanol–water partition coefficient (Wildman–Crippen LogP) is 2.22. The fourth-order valence-corrected chi connectivity index (χ4v) is 1.01. The molecule has 1 aliphatic rings. The van der Waals surface area contributed by atoms with Crippen LogP contribution in [-0.4, -0.2) is 0 Å². The topological polar surface area (TPSA) is 0 Å². The zero-order chi connectivity index (χ0) is 5.44. The van der Waals surface area contributed by atoms with E-state index in [1.807, 2.05) is 0 Å². The van der Waals surface area contributed by atoms with Crippen LogP contribution < -0.4 is 0 Å². The number of hydrogen-bond donors (Lipinski definition) is 0. The molecule has 0 aliphatic heterocycles. The smallest absolute Gasteiger partial charge is 0.0180 e. The molecule has 1 fully saturated rings. The molecule has 0 radical (unpaired) electrons. The van der Waals surface area contributed by atoms with Gasteiger partial charge in [0.15, 0.2) is 0 Å². The van der Waals surface area contributed by atoms with E-state index in [9.17, 15) is 0 Å². The van der Waals surface area contributed by atoms with Crippen LogP contribution in [0.3, 0.4) is 0 Å². The van der Waals surface area contributed by atoms with Gasteiger partial charge in [0, 0.05) is 0 Å². The molecule has 0 saturated heterocycles. The van der Waals surface area contributed by atoms with Gasteiger partial charge in [-0.25, -0.2) is 0 Å². The first-order chi connectivity index (χ1) is 3.22. The van der Waals surface area contributed by atoms with Crippen molar-refractivity contribution < 1.29 is 0 Å². The fraction of sp³-hybridized carbons (Fsp3) is 0.714. The lowest BCUT2D eigenvalue weighted by molar-refractivity contribution is 0.859. The van der Waals surface area contributed by atoms with Crippen LogP contribution in [0.1, 0.15) is 20.3 Å². The summed E-state index contributed by atoms with van der Waals surface area (Å²) >= 11 is 0. The maximum Gasteiger partial charge on any atom is -0.0180 e. The van der Waals surface area contributed by atoms with E-state index < -0.39 is 0 Å². The highest BCUT2D eigenvalue weighted by molar-refractivity contribution is 5.07. The molecular weight excluding hydrogens is 84.1 g/mol. The van der Waals surface area contributed by atoms with Crippen LogP contribution >= 0.6 is 0 Å². The maximum absolute atomic E-state index is 3.87. The second-order valence-corrected chi connectivity index (χ2v) is 2.67. The van der Waals surface area contributed by atoms with E-state index in [0.29, 0.717) is 0 Å². The molecule has 1 aliphatic carbocycles. The van der Waals surface area contributed by atoms with Crippen LogP contribution in [0.2, 0.25) is 0 Å². The quantitative estimate of drug-likeness (QED) is 0.439. The first-order valence-corrected chi connectivity index (χ1v) is 2.87. The van der Waals surface area contributed by atoms with Crippen molar-refractivity contribution in [2.45, 2.75) is 20.3 Å². The highest BCUT2D eigenvalue weighted by atomic mass is 14.4. The van der Waals surface area contributed by atoms with E-state index in [4.69, 9.17) is 0 Å². The normalized spacial score (nSPS) is 38.0. The minimum atomic E-state index is 0.875. The van der Waals surface area contributed by atoms with Crippen molar-refractivity contribution in [3.63, 3.8) is 0 Å². The lowest BCUT2D eigenvalue weighted by atomic mass is 10.2. The first-order valence-electron chi connectivity index (χ1n) is 2.87. The third kappa shape index (κ3) is 0.846. The Morgan fingerprint density at radius 3 is 2.14 bits per heavy atom. The summed E-state index contributed by atoms with van der Waals surface area (Å²) in [6.45, 7) is 8.26. The summed E-state index contributed by atoms with van der Waals surface area (Å²) in [4.78, 5) is 0. The van der Waals surface area contributed by atoms with Crippen LogP contribution in [0, 0.1) is 11.8 Å². The summed E-state index contributed by atoms with van der Waals surface area (Å²) in [6, 6.07) is 0. The van der Waals surface area contributed by atoms with Crippen molar-refractivity contribution in [2.75, 3.05) is 0 Å². The van der Waals surface area contributed by atoms with Gasteiger partial charge in [0.2, 0.25) is 0 Å². The molecule has 1 saturated carbocycles. The minimum absolute atomic E-state index is 0.875. The monoisotopic (exact) mass is 96.1 g/mol. The average Bonchev–Trinajstić information content (AvgIpc) is 2.17. The summed E-state index contributed by atoms with van der Waals surface area (Å²) < 4.78 is 0. The molecule has 0 unspecified atom stereocenters. The second kappa shape index (κ2) is 1.36. The second-order valence-electron chi connectivity index (χ2n) is 2.67. The average molecular weight is 96.2 g/mol. The lowest BCUT2D eigenvalue weighted by Gasteiger charge is -1.87. The maximum atomic E-state index is 3.87. The van der Waals surface area contributed by atoms with Crippen molar-refractivity contribution in [2.24, 2.45) is 11.8 Å². The van der Waals surface area contributed by atoms with E-state index in [1.54, 1.807) is 0 Å². The zero-order valence-corrected chi connectivity index (χ0v) is 5.07. The van der Waals surface area contributed by atoms with Crippen LogP contribution in [0.5, 0.6) is 0 Å². The number of rotatable bonds is 1. The molecule has 1 rings (SSSR count). The van der Waals surface area contributed by atoms with E-state index in [0.717, 1.165) is 11.8 Å². The van der Waals surface area contributed by atoms with Gasteiger partial charge in [0.25, 0.3) is 0 Å². The predicted molar refractivity (Wildman–Crippen MR) is 32.1 cm³/mol. The molecule has 0 aromatic heterocycles. The molecule has 0 nitrogen and oxygen atoms in total. The molecular formula is C7H12. The van der Waals surface area contributed by atoms with Crippen LogP contribution in [0.25, 0.3) is 0 Å². The fourth-order valence-electron chi connectivity index (χ4n) is 1.01. The Kier molecular flexibility index (Phi) is 0.949. The van der Waals surface area contributed by atoms with E-state index >= 15 is 0 Å². The van der Waals surface area contributed by atoms with Crippen LogP contribution in [0.4, 0.5) is 0 Å². The van der Waals surface area contributed by atoms with Crippen molar-refractivity contribution in [3.05, 3.63) is 12.2 Å². The third-order valence-electron chi connectivity index (χ3n) is 1.74. The van der Waals surface area contributed by atoms with Gasteiger partial charge in [-0.2, -0.15) is 0 Å².